The molecule has 0 saturated carbocycles. The first kappa shape index (κ1) is 19.6. The van der Waals surface area contributed by atoms with E-state index in [9.17, 15) is 4.79 Å². The highest BCUT2D eigenvalue weighted by Gasteiger charge is 2.27. The van der Waals surface area contributed by atoms with Gasteiger partial charge in [-0.2, -0.15) is 4.98 Å². The molecule has 7 heteroatoms. The highest BCUT2D eigenvalue weighted by molar-refractivity contribution is 6.30. The summed E-state index contributed by atoms with van der Waals surface area (Å²) in [7, 11) is 0. The maximum absolute atomic E-state index is 12.7. The van der Waals surface area contributed by atoms with Crippen molar-refractivity contribution < 1.29 is 9.32 Å². The Labute approximate surface area is 174 Å². The third kappa shape index (κ3) is 4.83. The van der Waals surface area contributed by atoms with Crippen LogP contribution in [-0.4, -0.2) is 34.0 Å². The zero-order chi connectivity index (χ0) is 20.2. The molecular weight excluding hydrogens is 388 g/mol. The number of hydrogen-bond donors (Lipinski definition) is 1. The Balaban J connectivity index is 1.38. The van der Waals surface area contributed by atoms with Crippen molar-refractivity contribution in [3.05, 3.63) is 65.0 Å². The van der Waals surface area contributed by atoms with Crippen molar-refractivity contribution in [1.29, 1.82) is 0 Å². The predicted molar refractivity (Wildman–Crippen MR) is 113 cm³/mol. The minimum atomic E-state index is -0.0820. The SMILES string of the molecule is Cc1ccccc1-c1noc(CN2CCCC(C(=O)Nc3cccc(Cl)c3)C2)n1. The normalized spacial score (nSPS) is 17.2. The van der Waals surface area contributed by atoms with Gasteiger partial charge in [0.1, 0.15) is 0 Å². The minimum Gasteiger partial charge on any atom is -0.338 e. The van der Waals surface area contributed by atoms with Crippen molar-refractivity contribution in [1.82, 2.24) is 15.0 Å². The van der Waals surface area contributed by atoms with Gasteiger partial charge in [-0.1, -0.05) is 47.1 Å². The van der Waals surface area contributed by atoms with Crippen LogP contribution in [0.15, 0.2) is 53.1 Å². The predicted octanol–water partition coefficient (Wildman–Crippen LogP) is 4.55. The molecule has 2 heterocycles. The van der Waals surface area contributed by atoms with Crippen LogP contribution < -0.4 is 5.32 Å². The number of carbonyl (C=O) groups excluding carboxylic acids is 1. The summed E-state index contributed by atoms with van der Waals surface area (Å²) in [4.78, 5) is 19.4. The molecule has 1 N–H and O–H groups in total. The van der Waals surface area contributed by atoms with Crippen LogP contribution >= 0.6 is 11.6 Å². The molecule has 1 amide bonds. The van der Waals surface area contributed by atoms with Crippen LogP contribution in [0.25, 0.3) is 11.4 Å². The first-order valence-electron chi connectivity index (χ1n) is 9.76. The summed E-state index contributed by atoms with van der Waals surface area (Å²) >= 11 is 6.00. The molecule has 3 aromatic rings. The number of benzene rings is 2. The quantitative estimate of drug-likeness (QED) is 0.668. The Kier molecular flexibility index (Phi) is 5.92. The smallest absolute Gasteiger partial charge is 0.241 e. The molecule has 1 saturated heterocycles. The summed E-state index contributed by atoms with van der Waals surface area (Å²) in [5.41, 5.74) is 2.80. The number of carbonyl (C=O) groups is 1. The van der Waals surface area contributed by atoms with Gasteiger partial charge in [0.2, 0.25) is 17.6 Å². The van der Waals surface area contributed by atoms with Gasteiger partial charge in [-0.3, -0.25) is 9.69 Å². The molecule has 1 aliphatic rings. The van der Waals surface area contributed by atoms with Gasteiger partial charge in [-0.15, -0.1) is 0 Å². The number of likely N-dealkylation sites (tertiary alicyclic amines) is 1. The number of aromatic nitrogens is 2. The average Bonchev–Trinajstić information content (AvgIpc) is 3.17. The topological polar surface area (TPSA) is 71.3 Å². The van der Waals surface area contributed by atoms with Crippen LogP contribution in [0, 0.1) is 12.8 Å². The Bertz CT molecular complexity index is 1000. The lowest BCUT2D eigenvalue weighted by atomic mass is 9.97. The zero-order valence-corrected chi connectivity index (χ0v) is 17.0. The second kappa shape index (κ2) is 8.76. The van der Waals surface area contributed by atoms with Crippen LogP contribution in [0.4, 0.5) is 5.69 Å². The van der Waals surface area contributed by atoms with Crippen LogP contribution in [0.5, 0.6) is 0 Å². The van der Waals surface area contributed by atoms with Gasteiger partial charge in [0.25, 0.3) is 0 Å². The average molecular weight is 411 g/mol. The van der Waals surface area contributed by atoms with Gasteiger partial charge in [-0.25, -0.2) is 0 Å². The molecular formula is C22H23ClN4O2. The fourth-order valence-electron chi connectivity index (χ4n) is 3.67. The molecule has 2 aromatic carbocycles. The lowest BCUT2D eigenvalue weighted by Gasteiger charge is -2.30. The number of nitrogens with zero attached hydrogens (tertiary/aromatic N) is 3. The Morgan fingerprint density at radius 1 is 1.28 bits per heavy atom. The molecule has 0 radical (unpaired) electrons. The first-order valence-corrected chi connectivity index (χ1v) is 10.1. The fraction of sp³-hybridized carbons (Fsp3) is 0.318. The number of hydrogen-bond acceptors (Lipinski definition) is 5. The monoisotopic (exact) mass is 410 g/mol. The molecule has 1 aliphatic heterocycles. The third-order valence-corrected chi connectivity index (χ3v) is 5.42. The largest absolute Gasteiger partial charge is 0.338 e. The van der Waals surface area contributed by atoms with E-state index in [4.69, 9.17) is 16.1 Å². The Morgan fingerprint density at radius 2 is 2.14 bits per heavy atom. The number of aryl methyl sites for hydroxylation is 1. The molecule has 1 fully saturated rings. The number of halogens is 1. The van der Waals surface area contributed by atoms with E-state index in [1.807, 2.05) is 43.3 Å². The van der Waals surface area contributed by atoms with Crippen molar-refractivity contribution in [2.45, 2.75) is 26.3 Å². The molecule has 4 rings (SSSR count). The van der Waals surface area contributed by atoms with E-state index in [1.165, 1.54) is 0 Å². The zero-order valence-electron chi connectivity index (χ0n) is 16.3. The van der Waals surface area contributed by atoms with Crippen molar-refractivity contribution in [2.24, 2.45) is 5.92 Å². The van der Waals surface area contributed by atoms with Gasteiger partial charge >= 0.3 is 0 Å². The summed E-state index contributed by atoms with van der Waals surface area (Å²) in [5.74, 6) is 1.11. The van der Waals surface area contributed by atoms with Crippen LogP contribution in [0.3, 0.4) is 0 Å². The Hall–Kier alpha value is -2.70. The van der Waals surface area contributed by atoms with Crippen molar-refractivity contribution in [2.75, 3.05) is 18.4 Å². The maximum Gasteiger partial charge on any atom is 0.241 e. The second-order valence-corrected chi connectivity index (χ2v) is 7.84. The molecule has 0 spiro atoms. The molecule has 0 aliphatic carbocycles. The van der Waals surface area contributed by atoms with E-state index in [0.717, 1.165) is 36.2 Å². The molecule has 1 atom stereocenters. The van der Waals surface area contributed by atoms with Gasteiger partial charge in [-0.05, 0) is 50.1 Å². The van der Waals surface area contributed by atoms with Gasteiger partial charge < -0.3 is 9.84 Å². The summed E-state index contributed by atoms with van der Waals surface area (Å²) in [6.07, 6.45) is 1.81. The van der Waals surface area contributed by atoms with Crippen molar-refractivity contribution in [3.8, 4) is 11.4 Å². The summed E-state index contributed by atoms with van der Waals surface area (Å²) in [5, 5.41) is 7.70. The molecule has 0 bridgehead atoms. The summed E-state index contributed by atoms with van der Waals surface area (Å²) in [6, 6.07) is 15.2. The lowest BCUT2D eigenvalue weighted by Crippen LogP contribution is -2.40. The van der Waals surface area contributed by atoms with Gasteiger partial charge in [0.15, 0.2) is 0 Å². The fourth-order valence-corrected chi connectivity index (χ4v) is 3.86. The number of nitrogens with one attached hydrogen (secondary N) is 1. The molecule has 1 aromatic heterocycles. The maximum atomic E-state index is 12.7. The summed E-state index contributed by atoms with van der Waals surface area (Å²) in [6.45, 7) is 4.14. The van der Waals surface area contributed by atoms with Crippen LogP contribution in [0.2, 0.25) is 5.02 Å². The Morgan fingerprint density at radius 3 is 2.97 bits per heavy atom. The number of piperidine rings is 1. The third-order valence-electron chi connectivity index (χ3n) is 5.18. The van der Waals surface area contributed by atoms with Crippen molar-refractivity contribution >= 4 is 23.2 Å². The summed E-state index contributed by atoms with van der Waals surface area (Å²) < 4.78 is 5.46. The lowest BCUT2D eigenvalue weighted by molar-refractivity contribution is -0.121. The van der Waals surface area contributed by atoms with Crippen LogP contribution in [0.1, 0.15) is 24.3 Å². The van der Waals surface area contributed by atoms with Crippen molar-refractivity contribution in [3.63, 3.8) is 0 Å². The number of anilines is 1. The highest BCUT2D eigenvalue weighted by atomic mass is 35.5. The van der Waals surface area contributed by atoms with Gasteiger partial charge in [0.05, 0.1) is 12.5 Å². The standard InChI is InChI=1S/C22H23ClN4O2/c1-15-6-2-3-10-19(15)21-25-20(29-26-21)14-27-11-5-7-16(13-27)22(28)24-18-9-4-8-17(23)12-18/h2-4,6,8-10,12,16H,5,7,11,13-14H2,1H3,(H,24,28). The highest BCUT2D eigenvalue weighted by Crippen LogP contribution is 2.23. The van der Waals surface area contributed by atoms with E-state index in [1.54, 1.807) is 12.1 Å². The van der Waals surface area contributed by atoms with Crippen LogP contribution in [-0.2, 0) is 11.3 Å². The molecule has 1 unspecified atom stereocenters. The van der Waals surface area contributed by atoms with E-state index < -0.39 is 0 Å². The van der Waals surface area contributed by atoms with E-state index in [2.05, 4.69) is 20.4 Å². The molecule has 150 valence electrons. The van der Waals surface area contributed by atoms with E-state index in [0.29, 0.717) is 29.8 Å². The van der Waals surface area contributed by atoms with Gasteiger partial charge in [0, 0.05) is 22.8 Å². The van der Waals surface area contributed by atoms with E-state index >= 15 is 0 Å². The second-order valence-electron chi connectivity index (χ2n) is 7.40. The molecule has 6 nitrogen and oxygen atoms in total. The molecule has 29 heavy (non-hydrogen) atoms. The number of amides is 1. The first-order chi connectivity index (χ1) is 14.1. The minimum absolute atomic E-state index is 0.0168. The van der Waals surface area contributed by atoms with E-state index in [-0.39, 0.29) is 11.8 Å². The number of rotatable bonds is 5.